The minimum atomic E-state index is 0.0841. The Morgan fingerprint density at radius 2 is 1.71 bits per heavy atom. The predicted octanol–water partition coefficient (Wildman–Crippen LogP) is 4.43. The van der Waals surface area contributed by atoms with Crippen molar-refractivity contribution < 1.29 is 0 Å². The minimum absolute atomic E-state index is 0.0841. The van der Waals surface area contributed by atoms with Crippen LogP contribution in [0, 0.1) is 6.92 Å². The summed E-state index contributed by atoms with van der Waals surface area (Å²) in [5.74, 6) is 0. The molecule has 0 aliphatic heterocycles. The van der Waals surface area contributed by atoms with Crippen molar-refractivity contribution in [1.82, 2.24) is 4.90 Å². The number of halogens is 2. The van der Waals surface area contributed by atoms with E-state index in [0.29, 0.717) is 16.6 Å². The maximum Gasteiger partial charge on any atom is 0.0472 e. The quantitative estimate of drug-likeness (QED) is 0.882. The van der Waals surface area contributed by atoms with Crippen LogP contribution in [0.5, 0.6) is 0 Å². The van der Waals surface area contributed by atoms with Gasteiger partial charge in [0.25, 0.3) is 0 Å². The Morgan fingerprint density at radius 1 is 1.10 bits per heavy atom. The van der Waals surface area contributed by atoms with Gasteiger partial charge in [-0.2, -0.15) is 0 Å². The molecule has 0 fully saturated rings. The fourth-order valence-electron chi connectivity index (χ4n) is 2.50. The number of nitrogens with zero attached hydrogens (tertiary/aromatic N) is 1. The molecule has 2 aromatic rings. The predicted molar refractivity (Wildman–Crippen MR) is 90.9 cm³/mol. The molecule has 2 N–H and O–H groups in total. The molecule has 21 heavy (non-hydrogen) atoms. The highest BCUT2D eigenvalue weighted by atomic mass is 35.5. The van der Waals surface area contributed by atoms with Crippen LogP contribution in [0.1, 0.15) is 22.7 Å². The lowest BCUT2D eigenvalue weighted by molar-refractivity contribution is 0.241. The van der Waals surface area contributed by atoms with Gasteiger partial charge in [-0.15, -0.1) is 0 Å². The molecule has 2 aromatic carbocycles. The van der Waals surface area contributed by atoms with Crippen molar-refractivity contribution in [3.05, 3.63) is 69.2 Å². The molecule has 0 saturated heterocycles. The van der Waals surface area contributed by atoms with Crippen molar-refractivity contribution in [1.29, 1.82) is 0 Å². The third kappa shape index (κ3) is 4.21. The molecule has 4 heteroatoms. The van der Waals surface area contributed by atoms with Gasteiger partial charge in [-0.25, -0.2) is 0 Å². The highest BCUT2D eigenvalue weighted by Crippen LogP contribution is 2.27. The first-order chi connectivity index (χ1) is 10.0. The molecule has 0 aliphatic rings. The summed E-state index contributed by atoms with van der Waals surface area (Å²) in [5, 5.41) is 1.28. The molecule has 112 valence electrons. The number of nitrogens with two attached hydrogens (primary N) is 1. The van der Waals surface area contributed by atoms with Crippen molar-refractivity contribution >= 4 is 23.2 Å². The number of likely N-dealkylation sites (N-methyl/N-ethyl adjacent to an activating group) is 1. The third-order valence-corrected chi connectivity index (χ3v) is 4.14. The zero-order chi connectivity index (χ0) is 15.4. The average molecular weight is 323 g/mol. The Labute approximate surface area is 136 Å². The van der Waals surface area contributed by atoms with Gasteiger partial charge in [0.1, 0.15) is 0 Å². The van der Waals surface area contributed by atoms with E-state index in [4.69, 9.17) is 28.9 Å². The average Bonchev–Trinajstić information content (AvgIpc) is 2.41. The summed E-state index contributed by atoms with van der Waals surface area (Å²) >= 11 is 12.2. The Balaban J connectivity index is 2.22. The molecule has 2 nitrogen and oxygen atoms in total. The molecule has 0 saturated carbocycles. The normalized spacial score (nSPS) is 12.7. The largest absolute Gasteiger partial charge is 0.329 e. The van der Waals surface area contributed by atoms with Crippen LogP contribution in [0.4, 0.5) is 0 Å². The number of aryl methyl sites for hydroxylation is 1. The van der Waals surface area contributed by atoms with E-state index in [9.17, 15) is 0 Å². The van der Waals surface area contributed by atoms with Crippen LogP contribution < -0.4 is 5.73 Å². The molecule has 0 bridgehead atoms. The van der Waals surface area contributed by atoms with E-state index in [1.165, 1.54) is 11.1 Å². The van der Waals surface area contributed by atoms with Crippen molar-refractivity contribution in [3.8, 4) is 0 Å². The summed E-state index contributed by atoms with van der Waals surface area (Å²) < 4.78 is 0. The molecule has 0 amide bonds. The molecule has 1 atom stereocenters. The molecule has 0 aromatic heterocycles. The van der Waals surface area contributed by atoms with E-state index in [0.717, 1.165) is 12.1 Å². The molecule has 0 radical (unpaired) electrons. The van der Waals surface area contributed by atoms with E-state index in [1.807, 2.05) is 12.1 Å². The van der Waals surface area contributed by atoms with Gasteiger partial charge in [-0.3, -0.25) is 4.90 Å². The number of rotatable bonds is 5. The summed E-state index contributed by atoms with van der Waals surface area (Å²) in [6, 6.07) is 14.1. The van der Waals surface area contributed by atoms with Gasteiger partial charge in [0.15, 0.2) is 0 Å². The van der Waals surface area contributed by atoms with Crippen LogP contribution in [0.25, 0.3) is 0 Å². The Kier molecular flexibility index (Phi) is 5.65. The second-order valence-corrected chi connectivity index (χ2v) is 6.17. The summed E-state index contributed by atoms with van der Waals surface area (Å²) in [4.78, 5) is 2.23. The van der Waals surface area contributed by atoms with Crippen LogP contribution in [-0.4, -0.2) is 18.5 Å². The SMILES string of the molecule is Cc1ccccc1CN(C)C(CN)c1cc(Cl)cc(Cl)c1. The number of hydrogen-bond acceptors (Lipinski definition) is 2. The Morgan fingerprint density at radius 3 is 2.29 bits per heavy atom. The molecule has 0 heterocycles. The van der Waals surface area contributed by atoms with Gasteiger partial charge < -0.3 is 5.73 Å². The van der Waals surface area contributed by atoms with Gasteiger partial charge in [0.2, 0.25) is 0 Å². The summed E-state index contributed by atoms with van der Waals surface area (Å²) in [6.07, 6.45) is 0. The summed E-state index contributed by atoms with van der Waals surface area (Å²) in [6.45, 7) is 3.47. The molecule has 1 unspecified atom stereocenters. The first-order valence-electron chi connectivity index (χ1n) is 6.92. The molecule has 0 spiro atoms. The minimum Gasteiger partial charge on any atom is -0.329 e. The Bertz CT molecular complexity index is 593. The zero-order valence-corrected chi connectivity index (χ0v) is 13.8. The van der Waals surface area contributed by atoms with Gasteiger partial charge >= 0.3 is 0 Å². The fourth-order valence-corrected chi connectivity index (χ4v) is 3.05. The maximum atomic E-state index is 6.10. The van der Waals surface area contributed by atoms with Crippen LogP contribution in [0.2, 0.25) is 10.0 Å². The van der Waals surface area contributed by atoms with Crippen molar-refractivity contribution in [3.63, 3.8) is 0 Å². The van der Waals surface area contributed by atoms with Gasteiger partial charge in [-0.05, 0) is 48.9 Å². The second kappa shape index (κ2) is 7.28. The lowest BCUT2D eigenvalue weighted by atomic mass is 10.0. The lowest BCUT2D eigenvalue weighted by Crippen LogP contribution is -2.30. The first kappa shape index (κ1) is 16.3. The monoisotopic (exact) mass is 322 g/mol. The van der Waals surface area contributed by atoms with Gasteiger partial charge in [0.05, 0.1) is 0 Å². The molecule has 0 aliphatic carbocycles. The van der Waals surface area contributed by atoms with E-state index in [-0.39, 0.29) is 6.04 Å². The first-order valence-corrected chi connectivity index (χ1v) is 7.67. The van der Waals surface area contributed by atoms with Gasteiger partial charge in [0, 0.05) is 29.2 Å². The lowest BCUT2D eigenvalue weighted by Gasteiger charge is -2.28. The number of benzene rings is 2. The van der Waals surface area contributed by atoms with E-state index >= 15 is 0 Å². The van der Waals surface area contributed by atoms with Crippen molar-refractivity contribution in [2.75, 3.05) is 13.6 Å². The fraction of sp³-hybridized carbons (Fsp3) is 0.294. The molecular formula is C17H20Cl2N2. The Hall–Kier alpha value is -1.06. The molecule has 2 rings (SSSR count). The number of hydrogen-bond donors (Lipinski definition) is 1. The third-order valence-electron chi connectivity index (χ3n) is 3.71. The van der Waals surface area contributed by atoms with Crippen LogP contribution in [0.15, 0.2) is 42.5 Å². The standard InChI is InChI=1S/C17H20Cl2N2/c1-12-5-3-4-6-13(12)11-21(2)17(10-20)14-7-15(18)9-16(19)8-14/h3-9,17H,10-11,20H2,1-2H3. The van der Waals surface area contributed by atoms with Gasteiger partial charge in [-0.1, -0.05) is 47.5 Å². The maximum absolute atomic E-state index is 6.10. The van der Waals surface area contributed by atoms with Crippen LogP contribution in [-0.2, 0) is 6.54 Å². The highest BCUT2D eigenvalue weighted by molar-refractivity contribution is 6.34. The van der Waals surface area contributed by atoms with E-state index < -0.39 is 0 Å². The van der Waals surface area contributed by atoms with Crippen LogP contribution in [0.3, 0.4) is 0 Å². The van der Waals surface area contributed by atoms with E-state index in [2.05, 4.69) is 43.1 Å². The zero-order valence-electron chi connectivity index (χ0n) is 12.3. The summed E-state index contributed by atoms with van der Waals surface area (Å²) in [7, 11) is 2.07. The van der Waals surface area contributed by atoms with Crippen molar-refractivity contribution in [2.45, 2.75) is 19.5 Å². The summed E-state index contributed by atoms with van der Waals surface area (Å²) in [5.41, 5.74) is 9.60. The van der Waals surface area contributed by atoms with Crippen LogP contribution >= 0.6 is 23.2 Å². The second-order valence-electron chi connectivity index (χ2n) is 5.30. The van der Waals surface area contributed by atoms with E-state index in [1.54, 1.807) is 6.07 Å². The molecular weight excluding hydrogens is 303 g/mol. The topological polar surface area (TPSA) is 29.3 Å². The smallest absolute Gasteiger partial charge is 0.0472 e. The van der Waals surface area contributed by atoms with Crippen molar-refractivity contribution in [2.24, 2.45) is 5.73 Å². The highest BCUT2D eigenvalue weighted by Gasteiger charge is 2.17.